The van der Waals surface area contributed by atoms with Gasteiger partial charge in [-0.3, -0.25) is 4.98 Å². The van der Waals surface area contributed by atoms with Crippen molar-refractivity contribution in [1.82, 2.24) is 10.3 Å². The molecular weight excluding hydrogens is 361 g/mol. The summed E-state index contributed by atoms with van der Waals surface area (Å²) in [5, 5.41) is 4.59. The van der Waals surface area contributed by atoms with Gasteiger partial charge in [0.2, 0.25) is 0 Å². The maximum Gasteiger partial charge on any atom is 0.0721 e. The monoisotopic (exact) mass is 377 g/mol. The van der Waals surface area contributed by atoms with E-state index in [-0.39, 0.29) is 24.8 Å². The highest BCUT2D eigenvalue weighted by molar-refractivity contribution is 9.10. The number of aromatic nitrogens is 1. The molecule has 20 heavy (non-hydrogen) atoms. The van der Waals surface area contributed by atoms with E-state index in [9.17, 15) is 0 Å². The maximum absolute atomic E-state index is 5.97. The zero-order valence-corrected chi connectivity index (χ0v) is 14.4. The summed E-state index contributed by atoms with van der Waals surface area (Å²) in [5.41, 5.74) is 11.7. The predicted molar refractivity (Wildman–Crippen MR) is 93.4 cm³/mol. The number of fused-ring (bicyclic) bond motifs is 2. The van der Waals surface area contributed by atoms with E-state index in [0.717, 1.165) is 47.0 Å². The van der Waals surface area contributed by atoms with Crippen LogP contribution in [0.15, 0.2) is 16.6 Å². The highest BCUT2D eigenvalue weighted by Gasteiger charge is 2.16. The summed E-state index contributed by atoms with van der Waals surface area (Å²) in [7, 11) is 0. The summed E-state index contributed by atoms with van der Waals surface area (Å²) in [6, 6.07) is 3.93. The van der Waals surface area contributed by atoms with Crippen molar-refractivity contribution in [1.29, 1.82) is 0 Å². The standard InChI is InChI=1S/C14H16BrN3.2ClH/c1-8-9-4-6-17-7-5-11(9)18-12-3-2-10(16)14(15)13(8)12;;/h2-3,17H,4-7,16H2,1H3;2*1H. The van der Waals surface area contributed by atoms with Gasteiger partial charge < -0.3 is 11.1 Å². The maximum atomic E-state index is 5.97. The SMILES string of the molecule is Cc1c2c(nc3ccc(N)c(Br)c13)CCNCC2.Cl.Cl. The Hall–Kier alpha value is -0.550. The smallest absolute Gasteiger partial charge is 0.0721 e. The summed E-state index contributed by atoms with van der Waals surface area (Å²) in [6.07, 6.45) is 2.06. The fourth-order valence-corrected chi connectivity index (χ4v) is 3.33. The van der Waals surface area contributed by atoms with E-state index in [4.69, 9.17) is 10.7 Å². The molecule has 2 heterocycles. The Kier molecular flexibility index (Phi) is 6.07. The minimum atomic E-state index is 0. The van der Waals surface area contributed by atoms with Gasteiger partial charge in [0.05, 0.1) is 9.99 Å². The van der Waals surface area contributed by atoms with Crippen LogP contribution in [0, 0.1) is 6.92 Å². The number of benzene rings is 1. The lowest BCUT2D eigenvalue weighted by Gasteiger charge is -2.14. The number of halogens is 3. The quantitative estimate of drug-likeness (QED) is 0.690. The molecule has 0 saturated carbocycles. The van der Waals surface area contributed by atoms with Gasteiger partial charge in [-0.15, -0.1) is 24.8 Å². The molecule has 0 unspecified atom stereocenters. The Labute approximate surface area is 139 Å². The third kappa shape index (κ3) is 2.89. The Balaban J connectivity index is 0.000001000. The lowest BCUT2D eigenvalue weighted by molar-refractivity contribution is 0.708. The molecule has 0 saturated heterocycles. The summed E-state index contributed by atoms with van der Waals surface area (Å²) in [5.74, 6) is 0. The number of nitrogen functional groups attached to an aromatic ring is 1. The molecule has 6 heteroatoms. The van der Waals surface area contributed by atoms with E-state index >= 15 is 0 Å². The first kappa shape index (κ1) is 17.5. The van der Waals surface area contributed by atoms with Crippen LogP contribution in [0.3, 0.4) is 0 Å². The Morgan fingerprint density at radius 2 is 1.90 bits per heavy atom. The van der Waals surface area contributed by atoms with E-state index < -0.39 is 0 Å². The Morgan fingerprint density at radius 1 is 1.20 bits per heavy atom. The molecule has 0 radical (unpaired) electrons. The number of anilines is 1. The average molecular weight is 379 g/mol. The van der Waals surface area contributed by atoms with Crippen molar-refractivity contribution in [3.63, 3.8) is 0 Å². The summed E-state index contributed by atoms with van der Waals surface area (Å²) >= 11 is 3.60. The first-order valence-electron chi connectivity index (χ1n) is 6.25. The minimum absolute atomic E-state index is 0. The van der Waals surface area contributed by atoms with E-state index in [1.165, 1.54) is 16.8 Å². The molecule has 0 bridgehead atoms. The number of nitrogens with zero attached hydrogens (tertiary/aromatic N) is 1. The highest BCUT2D eigenvalue weighted by Crippen LogP contribution is 2.33. The van der Waals surface area contributed by atoms with Gasteiger partial charge in [0, 0.05) is 29.7 Å². The molecule has 0 atom stereocenters. The number of hydrogen-bond acceptors (Lipinski definition) is 3. The highest BCUT2D eigenvalue weighted by atomic mass is 79.9. The molecule has 0 spiro atoms. The normalized spacial score (nSPS) is 13.9. The molecule has 0 fully saturated rings. The minimum Gasteiger partial charge on any atom is -0.398 e. The van der Waals surface area contributed by atoms with Gasteiger partial charge in [0.25, 0.3) is 0 Å². The molecule has 3 rings (SSSR count). The average Bonchev–Trinajstić information content (AvgIpc) is 2.59. The molecule has 0 amide bonds. The predicted octanol–water partition coefficient (Wildman–Crippen LogP) is 3.42. The molecule has 0 aliphatic carbocycles. The second-order valence-corrected chi connectivity index (χ2v) is 5.57. The van der Waals surface area contributed by atoms with Crippen LogP contribution in [0.5, 0.6) is 0 Å². The fourth-order valence-electron chi connectivity index (χ4n) is 2.70. The van der Waals surface area contributed by atoms with E-state index in [0.29, 0.717) is 0 Å². The first-order valence-corrected chi connectivity index (χ1v) is 7.04. The van der Waals surface area contributed by atoms with Gasteiger partial charge in [-0.05, 0) is 59.1 Å². The van der Waals surface area contributed by atoms with Crippen LogP contribution in [0.4, 0.5) is 5.69 Å². The van der Waals surface area contributed by atoms with Gasteiger partial charge in [-0.1, -0.05) is 0 Å². The number of pyridine rings is 1. The van der Waals surface area contributed by atoms with Crippen LogP contribution < -0.4 is 11.1 Å². The number of hydrogen-bond donors (Lipinski definition) is 2. The van der Waals surface area contributed by atoms with E-state index in [1.54, 1.807) is 0 Å². The van der Waals surface area contributed by atoms with Gasteiger partial charge in [0.15, 0.2) is 0 Å². The number of aryl methyl sites for hydroxylation is 1. The first-order chi connectivity index (χ1) is 8.68. The van der Waals surface area contributed by atoms with Gasteiger partial charge >= 0.3 is 0 Å². The lowest BCUT2D eigenvalue weighted by atomic mass is 9.98. The Morgan fingerprint density at radius 3 is 2.65 bits per heavy atom. The Bertz CT molecular complexity index is 632. The van der Waals surface area contributed by atoms with Crippen molar-refractivity contribution in [2.75, 3.05) is 18.8 Å². The molecular formula is C14H18BrCl2N3. The summed E-state index contributed by atoms with van der Waals surface area (Å²) in [6.45, 7) is 4.22. The largest absolute Gasteiger partial charge is 0.398 e. The number of rotatable bonds is 0. The van der Waals surface area contributed by atoms with Crippen molar-refractivity contribution in [3.05, 3.63) is 33.4 Å². The van der Waals surface area contributed by atoms with Crippen molar-refractivity contribution < 1.29 is 0 Å². The summed E-state index contributed by atoms with van der Waals surface area (Å²) in [4.78, 5) is 4.81. The van der Waals surface area contributed by atoms with Crippen LogP contribution in [-0.2, 0) is 12.8 Å². The van der Waals surface area contributed by atoms with Gasteiger partial charge in [-0.25, -0.2) is 0 Å². The van der Waals surface area contributed by atoms with Crippen LogP contribution in [0.25, 0.3) is 10.9 Å². The molecule has 1 aliphatic heterocycles. The van der Waals surface area contributed by atoms with Crippen LogP contribution in [0.2, 0.25) is 0 Å². The molecule has 1 aliphatic rings. The zero-order chi connectivity index (χ0) is 12.7. The second kappa shape index (κ2) is 6.94. The molecule has 1 aromatic heterocycles. The third-order valence-corrected chi connectivity index (χ3v) is 4.53. The van der Waals surface area contributed by atoms with Crippen LogP contribution in [0.1, 0.15) is 16.8 Å². The molecule has 3 N–H and O–H groups in total. The third-order valence-electron chi connectivity index (χ3n) is 3.67. The molecule has 110 valence electrons. The second-order valence-electron chi connectivity index (χ2n) is 4.77. The zero-order valence-electron chi connectivity index (χ0n) is 11.2. The van der Waals surface area contributed by atoms with E-state index in [1.807, 2.05) is 12.1 Å². The molecule has 1 aromatic carbocycles. The van der Waals surface area contributed by atoms with Gasteiger partial charge in [-0.2, -0.15) is 0 Å². The van der Waals surface area contributed by atoms with Crippen molar-refractivity contribution in [3.8, 4) is 0 Å². The van der Waals surface area contributed by atoms with Crippen LogP contribution >= 0.6 is 40.7 Å². The molecule has 2 aromatic rings. The topological polar surface area (TPSA) is 50.9 Å². The number of nitrogens with one attached hydrogen (secondary N) is 1. The van der Waals surface area contributed by atoms with Crippen LogP contribution in [-0.4, -0.2) is 18.1 Å². The van der Waals surface area contributed by atoms with Crippen molar-refractivity contribution in [2.24, 2.45) is 0 Å². The van der Waals surface area contributed by atoms with Crippen molar-refractivity contribution in [2.45, 2.75) is 19.8 Å². The lowest BCUT2D eigenvalue weighted by Crippen LogP contribution is -2.16. The summed E-state index contributed by atoms with van der Waals surface area (Å²) < 4.78 is 0.977. The molecule has 3 nitrogen and oxygen atoms in total. The fraction of sp³-hybridized carbons (Fsp3) is 0.357. The number of nitrogens with two attached hydrogens (primary N) is 1. The van der Waals surface area contributed by atoms with Gasteiger partial charge in [0.1, 0.15) is 0 Å². The van der Waals surface area contributed by atoms with E-state index in [2.05, 4.69) is 28.2 Å². The van der Waals surface area contributed by atoms with Crippen molar-refractivity contribution >= 4 is 57.3 Å².